The van der Waals surface area contributed by atoms with Crippen molar-refractivity contribution in [2.45, 2.75) is 64.6 Å². The molecule has 0 saturated heterocycles. The molecular weight excluding hydrogens is 390 g/mol. The maximum Gasteiger partial charge on any atom is 0.226 e. The Hall–Kier alpha value is -3.00. The molecule has 0 amide bonds. The van der Waals surface area contributed by atoms with E-state index in [9.17, 15) is 0 Å². The topological polar surface area (TPSA) is 89.3 Å². The first-order valence-corrected chi connectivity index (χ1v) is 11.3. The molecule has 0 spiro atoms. The van der Waals surface area contributed by atoms with Crippen LogP contribution in [-0.4, -0.2) is 43.3 Å². The van der Waals surface area contributed by atoms with Gasteiger partial charge < -0.3 is 15.4 Å². The molecule has 0 radical (unpaired) electrons. The van der Waals surface area contributed by atoms with E-state index in [0.717, 1.165) is 28.2 Å². The van der Waals surface area contributed by atoms with E-state index in [1.807, 2.05) is 25.3 Å². The molecule has 1 atom stereocenters. The summed E-state index contributed by atoms with van der Waals surface area (Å²) in [4.78, 5) is 14.6. The maximum absolute atomic E-state index is 6.04. The van der Waals surface area contributed by atoms with Gasteiger partial charge in [-0.3, -0.25) is 0 Å². The number of ether oxygens (including phenoxy) is 1. The third-order valence-electron chi connectivity index (χ3n) is 5.98. The highest BCUT2D eigenvalue weighted by molar-refractivity contribution is 5.83. The fourth-order valence-corrected chi connectivity index (χ4v) is 4.44. The van der Waals surface area contributed by atoms with Crippen LogP contribution in [0.2, 0.25) is 0 Å². The van der Waals surface area contributed by atoms with Crippen molar-refractivity contribution in [3.8, 4) is 5.88 Å². The van der Waals surface area contributed by atoms with Gasteiger partial charge in [0.1, 0.15) is 0 Å². The van der Waals surface area contributed by atoms with Crippen LogP contribution in [0.3, 0.4) is 0 Å². The average molecular weight is 420 g/mol. The summed E-state index contributed by atoms with van der Waals surface area (Å²) in [6.45, 7) is 5.31. The first kappa shape index (κ1) is 19.9. The Labute approximate surface area is 182 Å². The van der Waals surface area contributed by atoms with Crippen LogP contribution in [0.4, 0.5) is 5.95 Å². The Morgan fingerprint density at radius 3 is 2.87 bits per heavy atom. The van der Waals surface area contributed by atoms with Gasteiger partial charge in [-0.1, -0.05) is 25.3 Å². The number of fused-ring (bicyclic) bond motifs is 2. The Morgan fingerprint density at radius 1 is 1.16 bits per heavy atom. The summed E-state index contributed by atoms with van der Waals surface area (Å²) in [6.07, 6.45) is 12.0. The SMILES string of the molecule is CCOc1nc(NC2CCCCC2)nc2c1C(c1ccn3nccc3n1)=C[C@@H](C)NC2. The number of hydrogen-bond acceptors (Lipinski definition) is 7. The fourth-order valence-electron chi connectivity index (χ4n) is 4.44. The summed E-state index contributed by atoms with van der Waals surface area (Å²) in [5.74, 6) is 1.27. The standard InChI is InChI=1S/C23H29N7O/c1-3-31-22-21-17(18-10-12-30-20(27-18)9-11-25-30)13-15(2)24-14-19(21)28-23(29-22)26-16-7-5-4-6-8-16/h9-13,15-16,24H,3-8,14H2,1-2H3,(H,26,28,29)/t15-/m1/s1. The van der Waals surface area contributed by atoms with Crippen LogP contribution in [0, 0.1) is 0 Å². The minimum atomic E-state index is 0.163. The van der Waals surface area contributed by atoms with Crippen molar-refractivity contribution in [1.82, 2.24) is 29.9 Å². The minimum Gasteiger partial charge on any atom is -0.477 e. The van der Waals surface area contributed by atoms with Crippen molar-refractivity contribution in [3.63, 3.8) is 0 Å². The molecule has 1 aliphatic heterocycles. The van der Waals surface area contributed by atoms with E-state index in [1.54, 1.807) is 10.7 Å². The molecule has 3 aromatic rings. The molecule has 4 heterocycles. The largest absolute Gasteiger partial charge is 0.477 e. The lowest BCUT2D eigenvalue weighted by molar-refractivity contribution is 0.324. The fraction of sp³-hybridized carbons (Fsp3) is 0.478. The molecular formula is C23H29N7O. The molecule has 0 unspecified atom stereocenters. The maximum atomic E-state index is 6.04. The van der Waals surface area contributed by atoms with Crippen LogP contribution < -0.4 is 15.4 Å². The molecule has 0 bridgehead atoms. The van der Waals surface area contributed by atoms with Gasteiger partial charge in [-0.25, -0.2) is 14.5 Å². The first-order chi connectivity index (χ1) is 15.2. The zero-order chi connectivity index (χ0) is 21.2. The summed E-state index contributed by atoms with van der Waals surface area (Å²) in [5.41, 5.74) is 4.51. The lowest BCUT2D eigenvalue weighted by atomic mass is 9.96. The van der Waals surface area contributed by atoms with Gasteiger partial charge in [-0.15, -0.1) is 0 Å². The number of nitrogens with zero attached hydrogens (tertiary/aromatic N) is 5. The van der Waals surface area contributed by atoms with Crippen molar-refractivity contribution < 1.29 is 4.74 Å². The molecule has 1 saturated carbocycles. The number of anilines is 1. The number of rotatable bonds is 5. The van der Waals surface area contributed by atoms with Crippen LogP contribution in [0.25, 0.3) is 11.2 Å². The predicted octanol–water partition coefficient (Wildman–Crippen LogP) is 3.59. The highest BCUT2D eigenvalue weighted by Gasteiger charge is 2.25. The molecule has 3 aromatic heterocycles. The molecule has 0 aromatic carbocycles. The highest BCUT2D eigenvalue weighted by atomic mass is 16.5. The summed E-state index contributed by atoms with van der Waals surface area (Å²) < 4.78 is 7.81. The number of aromatic nitrogens is 5. The van der Waals surface area contributed by atoms with Crippen molar-refractivity contribution in [3.05, 3.63) is 47.6 Å². The van der Waals surface area contributed by atoms with Gasteiger partial charge in [0.25, 0.3) is 0 Å². The van der Waals surface area contributed by atoms with Crippen LogP contribution in [0.15, 0.2) is 30.6 Å². The second kappa shape index (κ2) is 8.63. The molecule has 31 heavy (non-hydrogen) atoms. The predicted molar refractivity (Wildman–Crippen MR) is 120 cm³/mol. The van der Waals surface area contributed by atoms with Gasteiger partial charge in [-0.2, -0.15) is 10.1 Å². The summed E-state index contributed by atoms with van der Waals surface area (Å²) in [6, 6.07) is 4.48. The zero-order valence-corrected chi connectivity index (χ0v) is 18.1. The molecule has 2 aliphatic rings. The second-order valence-electron chi connectivity index (χ2n) is 8.28. The van der Waals surface area contributed by atoms with E-state index in [0.29, 0.717) is 31.0 Å². The van der Waals surface area contributed by atoms with Crippen LogP contribution in [0.1, 0.15) is 62.9 Å². The Bertz CT molecular complexity index is 1100. The van der Waals surface area contributed by atoms with Crippen molar-refractivity contribution in [2.24, 2.45) is 0 Å². The second-order valence-corrected chi connectivity index (χ2v) is 8.28. The van der Waals surface area contributed by atoms with Gasteiger partial charge in [0.15, 0.2) is 5.65 Å². The molecule has 162 valence electrons. The molecule has 8 heteroatoms. The van der Waals surface area contributed by atoms with E-state index in [-0.39, 0.29) is 6.04 Å². The molecule has 2 N–H and O–H groups in total. The number of nitrogens with one attached hydrogen (secondary N) is 2. The lowest BCUT2D eigenvalue weighted by Crippen LogP contribution is -2.25. The molecule has 1 aliphatic carbocycles. The van der Waals surface area contributed by atoms with Crippen molar-refractivity contribution in [2.75, 3.05) is 11.9 Å². The van der Waals surface area contributed by atoms with Gasteiger partial charge in [-0.05, 0) is 32.8 Å². The van der Waals surface area contributed by atoms with Crippen molar-refractivity contribution in [1.29, 1.82) is 0 Å². The lowest BCUT2D eigenvalue weighted by Gasteiger charge is -2.24. The monoisotopic (exact) mass is 419 g/mol. The first-order valence-electron chi connectivity index (χ1n) is 11.3. The Balaban J connectivity index is 1.59. The number of hydrogen-bond donors (Lipinski definition) is 2. The van der Waals surface area contributed by atoms with Crippen molar-refractivity contribution >= 4 is 17.2 Å². The van der Waals surface area contributed by atoms with Gasteiger partial charge in [0.2, 0.25) is 11.8 Å². The molecule has 1 fully saturated rings. The van der Waals surface area contributed by atoms with Gasteiger partial charge in [0.05, 0.1) is 29.8 Å². The minimum absolute atomic E-state index is 0.163. The summed E-state index contributed by atoms with van der Waals surface area (Å²) >= 11 is 0. The van der Waals surface area contributed by atoms with Gasteiger partial charge >= 0.3 is 0 Å². The Kier molecular flexibility index (Phi) is 5.55. The molecule has 5 rings (SSSR count). The summed E-state index contributed by atoms with van der Waals surface area (Å²) in [7, 11) is 0. The van der Waals surface area contributed by atoms with E-state index < -0.39 is 0 Å². The van der Waals surface area contributed by atoms with E-state index in [2.05, 4.69) is 28.7 Å². The normalized spacial score (nSPS) is 19.5. The summed E-state index contributed by atoms with van der Waals surface area (Å²) in [5, 5.41) is 11.4. The van der Waals surface area contributed by atoms with Crippen LogP contribution in [0.5, 0.6) is 5.88 Å². The van der Waals surface area contributed by atoms with E-state index in [1.165, 1.54) is 32.1 Å². The zero-order valence-electron chi connectivity index (χ0n) is 18.1. The average Bonchev–Trinajstić information content (AvgIpc) is 3.18. The van der Waals surface area contributed by atoms with Crippen LogP contribution in [-0.2, 0) is 6.54 Å². The Morgan fingerprint density at radius 2 is 2.03 bits per heavy atom. The van der Waals surface area contributed by atoms with E-state index in [4.69, 9.17) is 19.7 Å². The third kappa shape index (κ3) is 4.12. The van der Waals surface area contributed by atoms with E-state index >= 15 is 0 Å². The molecule has 8 nitrogen and oxygen atoms in total. The smallest absolute Gasteiger partial charge is 0.226 e. The highest BCUT2D eigenvalue weighted by Crippen LogP contribution is 2.35. The van der Waals surface area contributed by atoms with Gasteiger partial charge in [0, 0.05) is 36.5 Å². The van der Waals surface area contributed by atoms with Crippen LogP contribution >= 0.6 is 0 Å². The third-order valence-corrected chi connectivity index (χ3v) is 5.98. The quantitative estimate of drug-likeness (QED) is 0.653.